The zero-order valence-electron chi connectivity index (χ0n) is 14.5. The molecule has 1 amide bonds. The normalized spacial score (nSPS) is 16.0. The molecule has 0 radical (unpaired) electrons. The van der Waals surface area contributed by atoms with E-state index in [1.807, 2.05) is 22.9 Å². The highest BCUT2D eigenvalue weighted by Crippen LogP contribution is 2.17. The van der Waals surface area contributed by atoms with Gasteiger partial charge in [-0.1, -0.05) is 42.5 Å². The first kappa shape index (κ1) is 19.4. The fourth-order valence-corrected chi connectivity index (χ4v) is 3.09. The van der Waals surface area contributed by atoms with E-state index in [2.05, 4.69) is 40.0 Å². The molecule has 1 unspecified atom stereocenters. The van der Waals surface area contributed by atoms with Gasteiger partial charge in [-0.05, 0) is 44.3 Å². The molecule has 6 nitrogen and oxygen atoms in total. The molecule has 0 saturated carbocycles. The fourth-order valence-electron chi connectivity index (χ4n) is 3.09. The van der Waals surface area contributed by atoms with Crippen molar-refractivity contribution in [3.63, 3.8) is 0 Å². The summed E-state index contributed by atoms with van der Waals surface area (Å²) in [6, 6.07) is 10.7. The number of aromatic nitrogens is 3. The minimum Gasteiger partial charge on any atom is -0.348 e. The topological polar surface area (TPSA) is 71.8 Å². The van der Waals surface area contributed by atoms with Gasteiger partial charge in [-0.2, -0.15) is 0 Å². The summed E-state index contributed by atoms with van der Waals surface area (Å²) in [6.07, 6.45) is 5.53. The quantitative estimate of drug-likeness (QED) is 0.826. The van der Waals surface area contributed by atoms with Gasteiger partial charge in [-0.3, -0.25) is 4.79 Å². The molecule has 1 saturated heterocycles. The third-order valence-electron chi connectivity index (χ3n) is 4.58. The Labute approximate surface area is 154 Å². The van der Waals surface area contributed by atoms with Crippen LogP contribution in [0.25, 0.3) is 0 Å². The summed E-state index contributed by atoms with van der Waals surface area (Å²) in [6.45, 7) is 4.06. The molecular weight excluding hydrogens is 338 g/mol. The van der Waals surface area contributed by atoms with Crippen molar-refractivity contribution in [2.24, 2.45) is 0 Å². The minimum absolute atomic E-state index is 0. The average Bonchev–Trinajstić information content (AvgIpc) is 3.13. The SMILES string of the molecule is CCC(Cc1ccccc1)NC(=O)c1cn(C2CCNCC2)nn1.Cl. The van der Waals surface area contributed by atoms with Gasteiger partial charge in [0.15, 0.2) is 5.69 Å². The van der Waals surface area contributed by atoms with Crippen molar-refractivity contribution in [3.8, 4) is 0 Å². The van der Waals surface area contributed by atoms with Crippen LogP contribution in [-0.4, -0.2) is 40.0 Å². The van der Waals surface area contributed by atoms with E-state index in [0.29, 0.717) is 11.7 Å². The lowest BCUT2D eigenvalue weighted by Gasteiger charge is -2.22. The molecule has 7 heteroatoms. The van der Waals surface area contributed by atoms with Gasteiger partial charge >= 0.3 is 0 Å². The van der Waals surface area contributed by atoms with E-state index in [1.54, 1.807) is 6.20 Å². The van der Waals surface area contributed by atoms with Gasteiger partial charge in [0, 0.05) is 6.04 Å². The molecule has 2 aromatic rings. The van der Waals surface area contributed by atoms with Crippen molar-refractivity contribution in [2.45, 2.75) is 44.7 Å². The Hall–Kier alpha value is -1.92. The van der Waals surface area contributed by atoms with Crippen LogP contribution in [0.5, 0.6) is 0 Å². The number of hydrogen-bond acceptors (Lipinski definition) is 4. The number of carbonyl (C=O) groups excluding carboxylic acids is 1. The van der Waals surface area contributed by atoms with Crippen LogP contribution in [0.3, 0.4) is 0 Å². The van der Waals surface area contributed by atoms with Gasteiger partial charge in [0.2, 0.25) is 0 Å². The van der Waals surface area contributed by atoms with Crippen molar-refractivity contribution in [1.82, 2.24) is 25.6 Å². The van der Waals surface area contributed by atoms with E-state index >= 15 is 0 Å². The molecular formula is C18H26ClN5O. The van der Waals surface area contributed by atoms with Crippen LogP contribution < -0.4 is 10.6 Å². The fraction of sp³-hybridized carbons (Fsp3) is 0.500. The first-order valence-corrected chi connectivity index (χ1v) is 8.73. The molecule has 1 aromatic carbocycles. The summed E-state index contributed by atoms with van der Waals surface area (Å²) in [7, 11) is 0. The first-order chi connectivity index (χ1) is 11.8. The number of nitrogens with one attached hydrogen (secondary N) is 2. The largest absolute Gasteiger partial charge is 0.348 e. The van der Waals surface area contributed by atoms with Crippen LogP contribution in [-0.2, 0) is 6.42 Å². The number of hydrogen-bond donors (Lipinski definition) is 2. The third kappa shape index (κ3) is 5.28. The van der Waals surface area contributed by atoms with Crippen molar-refractivity contribution in [2.75, 3.05) is 13.1 Å². The maximum absolute atomic E-state index is 12.5. The van der Waals surface area contributed by atoms with Crippen molar-refractivity contribution < 1.29 is 4.79 Å². The number of piperidine rings is 1. The van der Waals surface area contributed by atoms with Crippen LogP contribution >= 0.6 is 12.4 Å². The van der Waals surface area contributed by atoms with E-state index in [1.165, 1.54) is 5.56 Å². The van der Waals surface area contributed by atoms with E-state index in [-0.39, 0.29) is 24.4 Å². The number of benzene rings is 1. The van der Waals surface area contributed by atoms with Gasteiger partial charge in [-0.15, -0.1) is 17.5 Å². The number of carbonyl (C=O) groups is 1. The molecule has 1 aromatic heterocycles. The zero-order valence-corrected chi connectivity index (χ0v) is 15.3. The Morgan fingerprint density at radius 3 is 2.72 bits per heavy atom. The molecule has 1 fully saturated rings. The lowest BCUT2D eigenvalue weighted by molar-refractivity contribution is 0.0930. The van der Waals surface area contributed by atoms with Gasteiger partial charge in [0.25, 0.3) is 5.91 Å². The molecule has 25 heavy (non-hydrogen) atoms. The Balaban J connectivity index is 0.00000225. The summed E-state index contributed by atoms with van der Waals surface area (Å²) in [4.78, 5) is 12.5. The lowest BCUT2D eigenvalue weighted by Crippen LogP contribution is -2.36. The van der Waals surface area contributed by atoms with Crippen LogP contribution in [0.1, 0.15) is 48.3 Å². The molecule has 2 N–H and O–H groups in total. The summed E-state index contributed by atoms with van der Waals surface area (Å²) in [5.41, 5.74) is 1.63. The smallest absolute Gasteiger partial charge is 0.273 e. The number of halogens is 1. The monoisotopic (exact) mass is 363 g/mol. The molecule has 1 atom stereocenters. The van der Waals surface area contributed by atoms with Gasteiger partial charge in [0.05, 0.1) is 12.2 Å². The second-order valence-electron chi connectivity index (χ2n) is 6.33. The molecule has 0 aliphatic carbocycles. The summed E-state index contributed by atoms with van der Waals surface area (Å²) < 4.78 is 1.84. The molecule has 2 heterocycles. The molecule has 136 valence electrons. The molecule has 1 aliphatic heterocycles. The zero-order chi connectivity index (χ0) is 16.8. The van der Waals surface area contributed by atoms with E-state index in [4.69, 9.17) is 0 Å². The second kappa shape index (κ2) is 9.53. The first-order valence-electron chi connectivity index (χ1n) is 8.73. The summed E-state index contributed by atoms with van der Waals surface area (Å²) in [5, 5.41) is 14.6. The lowest BCUT2D eigenvalue weighted by atomic mass is 10.0. The highest BCUT2D eigenvalue weighted by atomic mass is 35.5. The second-order valence-corrected chi connectivity index (χ2v) is 6.33. The van der Waals surface area contributed by atoms with Crippen molar-refractivity contribution in [1.29, 1.82) is 0 Å². The number of rotatable bonds is 6. The predicted molar refractivity (Wildman–Crippen MR) is 100 cm³/mol. The van der Waals surface area contributed by atoms with E-state index < -0.39 is 0 Å². The van der Waals surface area contributed by atoms with Crippen LogP contribution in [0.2, 0.25) is 0 Å². The Bertz CT molecular complexity index is 654. The summed E-state index contributed by atoms with van der Waals surface area (Å²) >= 11 is 0. The average molecular weight is 364 g/mol. The van der Waals surface area contributed by atoms with E-state index in [0.717, 1.165) is 38.8 Å². The van der Waals surface area contributed by atoms with Crippen molar-refractivity contribution in [3.05, 3.63) is 47.8 Å². The predicted octanol–water partition coefficient (Wildman–Crippen LogP) is 2.38. The molecule has 3 rings (SSSR count). The molecule has 1 aliphatic rings. The maximum Gasteiger partial charge on any atom is 0.273 e. The Morgan fingerprint density at radius 1 is 1.32 bits per heavy atom. The highest BCUT2D eigenvalue weighted by molar-refractivity contribution is 5.92. The van der Waals surface area contributed by atoms with Crippen molar-refractivity contribution >= 4 is 18.3 Å². The standard InChI is InChI=1S/C18H25N5O.ClH/c1-2-15(12-14-6-4-3-5-7-14)20-18(24)17-13-23(22-21-17)16-8-10-19-11-9-16;/h3-7,13,15-16,19H,2,8-12H2,1H3,(H,20,24);1H. The number of amides is 1. The van der Waals surface area contributed by atoms with Crippen LogP contribution in [0.15, 0.2) is 36.5 Å². The van der Waals surface area contributed by atoms with Gasteiger partial charge in [-0.25, -0.2) is 4.68 Å². The van der Waals surface area contributed by atoms with E-state index in [9.17, 15) is 4.79 Å². The van der Waals surface area contributed by atoms with Crippen LogP contribution in [0, 0.1) is 0 Å². The molecule has 0 bridgehead atoms. The Morgan fingerprint density at radius 2 is 2.04 bits per heavy atom. The highest BCUT2D eigenvalue weighted by Gasteiger charge is 2.20. The van der Waals surface area contributed by atoms with Crippen LogP contribution in [0.4, 0.5) is 0 Å². The summed E-state index contributed by atoms with van der Waals surface area (Å²) in [5.74, 6) is -0.141. The maximum atomic E-state index is 12.5. The Kier molecular flexibility index (Phi) is 7.40. The van der Waals surface area contributed by atoms with Gasteiger partial charge in [0.1, 0.15) is 0 Å². The van der Waals surface area contributed by atoms with Gasteiger partial charge < -0.3 is 10.6 Å². The number of nitrogens with zero attached hydrogens (tertiary/aromatic N) is 3. The molecule has 0 spiro atoms. The minimum atomic E-state index is -0.141. The third-order valence-corrected chi connectivity index (χ3v) is 4.58.